The van der Waals surface area contributed by atoms with E-state index < -0.39 is 108 Å². The number of nitrogens with zero attached hydrogens (tertiary/aromatic N) is 1. The van der Waals surface area contributed by atoms with Crippen LogP contribution in [0.1, 0.15) is 11.1 Å². The van der Waals surface area contributed by atoms with Crippen LogP contribution in [0, 0.1) is 58.2 Å². The van der Waals surface area contributed by atoms with E-state index in [0.717, 1.165) is 0 Å². The van der Waals surface area contributed by atoms with E-state index in [0.29, 0.717) is 0 Å². The first-order valence-corrected chi connectivity index (χ1v) is 10.4. The molecule has 2 aromatic carbocycles. The highest BCUT2D eigenvalue weighted by Crippen LogP contribution is 2.55. The molecule has 0 heterocycles. The number of halogens is 19. The summed E-state index contributed by atoms with van der Waals surface area (Å²) in [6.45, 7) is 0. The average Bonchev–Trinajstić information content (AvgIpc) is 2.85. The predicted molar refractivity (Wildman–Crippen MR) is 89.0 cm³/mol. The van der Waals surface area contributed by atoms with Crippen LogP contribution in [-0.4, -0.2) is 37.4 Å². The Labute approximate surface area is 210 Å². The van der Waals surface area contributed by atoms with Crippen molar-refractivity contribution >= 4 is 15.8 Å². The van der Waals surface area contributed by atoms with Gasteiger partial charge in [0.05, 0.1) is 11.1 Å². The van der Waals surface area contributed by atoms with Crippen molar-refractivity contribution in [3.8, 4) is 0 Å². The second-order valence-electron chi connectivity index (χ2n) is 7.02. The van der Waals surface area contributed by atoms with Gasteiger partial charge in [0.25, 0.3) is 0 Å². The molecule has 0 radical (unpaired) electrons. The normalized spacial score (nSPS) is 13.4. The van der Waals surface area contributed by atoms with E-state index in [1.54, 1.807) is 0 Å². The largest absolute Gasteiger partial charge is 0.460 e. The van der Waals surface area contributed by atoms with Crippen molar-refractivity contribution in [2.24, 2.45) is 5.16 Å². The fourth-order valence-corrected chi connectivity index (χ4v) is 3.20. The number of alkyl halides is 9. The van der Waals surface area contributed by atoms with E-state index in [-0.39, 0.29) is 0 Å². The van der Waals surface area contributed by atoms with E-state index >= 15 is 0 Å². The molecular weight excluding hydrogens is 659 g/mol. The van der Waals surface area contributed by atoms with Crippen molar-refractivity contribution in [2.45, 2.75) is 23.3 Å². The molecule has 0 fully saturated rings. The molecule has 230 valence electrons. The molecule has 0 saturated heterocycles. The molecule has 24 heteroatoms. The van der Waals surface area contributed by atoms with Crippen LogP contribution >= 0.6 is 0 Å². The molecule has 0 aliphatic rings. The quantitative estimate of drug-likeness (QED) is 0.111. The molecule has 0 unspecified atom stereocenters. The lowest BCUT2D eigenvalue weighted by Gasteiger charge is -2.31. The van der Waals surface area contributed by atoms with E-state index in [1.165, 1.54) is 5.16 Å². The van der Waals surface area contributed by atoms with Crippen molar-refractivity contribution < 1.29 is 96.1 Å². The van der Waals surface area contributed by atoms with Gasteiger partial charge in [0.1, 0.15) is 5.71 Å². The van der Waals surface area contributed by atoms with Crippen molar-refractivity contribution in [1.82, 2.24) is 0 Å². The summed E-state index contributed by atoms with van der Waals surface area (Å²) in [5.74, 6) is -48.7. The molecule has 0 aliphatic carbocycles. The molecule has 0 amide bonds. The zero-order valence-corrected chi connectivity index (χ0v) is 18.6. The minimum absolute atomic E-state index is 1.44. The standard InChI is InChI=1S/C17F19NO3S/c18-3-1(4(19)8(23)11(26)7(3)22)13(2-5(20)9(24)12(27)10(25)6(2)21)37-40-41(38,39)17(35,36)15(30,31)14(28,29)16(32,33)34. The molecule has 0 bridgehead atoms. The highest BCUT2D eigenvalue weighted by atomic mass is 32.2. The Kier molecular flexibility index (Phi) is 8.32. The van der Waals surface area contributed by atoms with Gasteiger partial charge in [-0.1, -0.05) is 5.16 Å². The number of benzene rings is 2. The molecular formula is C17F19NO3S. The molecule has 0 spiro atoms. The first-order valence-electron chi connectivity index (χ1n) is 8.95. The Morgan fingerprint density at radius 1 is 0.488 bits per heavy atom. The van der Waals surface area contributed by atoms with Gasteiger partial charge in [-0.05, 0) is 0 Å². The minimum Gasteiger partial charge on any atom is -0.263 e. The van der Waals surface area contributed by atoms with Gasteiger partial charge in [0, 0.05) is 0 Å². The van der Waals surface area contributed by atoms with Crippen LogP contribution in [-0.2, 0) is 14.4 Å². The molecule has 0 atom stereocenters. The maximum absolute atomic E-state index is 14.2. The van der Waals surface area contributed by atoms with Crippen LogP contribution in [0.4, 0.5) is 83.4 Å². The van der Waals surface area contributed by atoms with Crippen molar-refractivity contribution in [2.75, 3.05) is 0 Å². The molecule has 2 aromatic rings. The van der Waals surface area contributed by atoms with Crippen molar-refractivity contribution in [3.63, 3.8) is 0 Å². The SMILES string of the molecule is O=S(=O)(ON=C(c1c(F)c(F)c(F)c(F)c1F)c1c(F)c(F)c(F)c(F)c1F)C(F)(F)C(F)(F)C(F)(F)C(F)(F)F. The van der Waals surface area contributed by atoms with E-state index in [4.69, 9.17) is 0 Å². The van der Waals surface area contributed by atoms with Gasteiger partial charge in [0.15, 0.2) is 46.5 Å². The first kappa shape index (κ1) is 33.7. The molecule has 0 saturated carbocycles. The van der Waals surface area contributed by atoms with Crippen LogP contribution in [0.5, 0.6) is 0 Å². The van der Waals surface area contributed by atoms with Gasteiger partial charge >= 0.3 is 33.4 Å². The van der Waals surface area contributed by atoms with Gasteiger partial charge in [-0.15, -0.1) is 0 Å². The lowest BCUT2D eigenvalue weighted by molar-refractivity contribution is -0.382. The summed E-state index contributed by atoms with van der Waals surface area (Å²) in [5, 5.41) is -6.39. The second kappa shape index (κ2) is 10.1. The molecule has 0 aliphatic heterocycles. The Morgan fingerprint density at radius 3 is 1.02 bits per heavy atom. The summed E-state index contributed by atoms with van der Waals surface area (Å²) in [5.41, 5.74) is -9.35. The third-order valence-corrected chi connectivity index (χ3v) is 5.70. The zero-order chi connectivity index (χ0) is 32.4. The van der Waals surface area contributed by atoms with Gasteiger partial charge in [-0.25, -0.2) is 43.9 Å². The minimum atomic E-state index is -8.24. The Morgan fingerprint density at radius 2 is 0.756 bits per heavy atom. The Hall–Kier alpha value is -3.47. The van der Waals surface area contributed by atoms with Gasteiger partial charge in [-0.3, -0.25) is 4.28 Å². The fraction of sp³-hybridized carbons (Fsp3) is 0.235. The Balaban J connectivity index is 3.01. The summed E-state index contributed by atoms with van der Waals surface area (Å²) < 4.78 is 280. The molecule has 4 nitrogen and oxygen atoms in total. The Bertz CT molecular complexity index is 1420. The fourth-order valence-electron chi connectivity index (χ4n) is 2.49. The van der Waals surface area contributed by atoms with Gasteiger partial charge in [0.2, 0.25) is 11.6 Å². The number of hydrogen-bond donors (Lipinski definition) is 0. The molecule has 2 rings (SSSR count). The van der Waals surface area contributed by atoms with E-state index in [1.807, 2.05) is 0 Å². The van der Waals surface area contributed by atoms with Crippen LogP contribution in [0.2, 0.25) is 0 Å². The average molecular weight is 659 g/mol. The third kappa shape index (κ3) is 4.87. The third-order valence-electron chi connectivity index (χ3n) is 4.55. The number of rotatable bonds is 7. The second-order valence-corrected chi connectivity index (χ2v) is 8.59. The summed E-state index contributed by atoms with van der Waals surface area (Å²) in [6.07, 6.45) is -7.64. The maximum atomic E-state index is 14.2. The molecule has 41 heavy (non-hydrogen) atoms. The monoisotopic (exact) mass is 659 g/mol. The topological polar surface area (TPSA) is 55.7 Å². The van der Waals surface area contributed by atoms with Crippen LogP contribution < -0.4 is 0 Å². The van der Waals surface area contributed by atoms with Crippen LogP contribution in [0.25, 0.3) is 0 Å². The highest BCUT2D eigenvalue weighted by molar-refractivity contribution is 7.87. The first-order chi connectivity index (χ1) is 18.2. The predicted octanol–water partition coefficient (Wildman–Crippen LogP) is 6.60. The van der Waals surface area contributed by atoms with Crippen molar-refractivity contribution in [3.05, 3.63) is 69.3 Å². The van der Waals surface area contributed by atoms with Gasteiger partial charge in [-0.2, -0.15) is 47.9 Å². The smallest absolute Gasteiger partial charge is 0.263 e. The molecule has 0 N–H and O–H groups in total. The van der Waals surface area contributed by atoms with E-state index in [2.05, 4.69) is 4.28 Å². The van der Waals surface area contributed by atoms with Crippen LogP contribution in [0.3, 0.4) is 0 Å². The summed E-state index contributed by atoms with van der Waals surface area (Å²) >= 11 is 0. The summed E-state index contributed by atoms with van der Waals surface area (Å²) in [7, 11) is -8.24. The van der Waals surface area contributed by atoms with Crippen molar-refractivity contribution in [1.29, 1.82) is 0 Å². The molecule has 0 aromatic heterocycles. The van der Waals surface area contributed by atoms with Gasteiger partial charge < -0.3 is 0 Å². The number of hydrogen-bond acceptors (Lipinski definition) is 4. The summed E-state index contributed by atoms with van der Waals surface area (Å²) in [4.78, 5) is 0. The lowest BCUT2D eigenvalue weighted by Crippen LogP contribution is -2.63. The zero-order valence-electron chi connectivity index (χ0n) is 17.8. The highest BCUT2D eigenvalue weighted by Gasteiger charge is 2.86. The summed E-state index contributed by atoms with van der Waals surface area (Å²) in [6, 6.07) is 0. The maximum Gasteiger partial charge on any atom is 0.460 e. The van der Waals surface area contributed by atoms with Crippen LogP contribution in [0.15, 0.2) is 5.16 Å². The van der Waals surface area contributed by atoms with E-state index in [9.17, 15) is 91.8 Å². The lowest BCUT2D eigenvalue weighted by atomic mass is 9.99. The number of oxime groups is 1.